The smallest absolute Gasteiger partial charge is 0.377 e. The molecule has 33 heavy (non-hydrogen) atoms. The fourth-order valence-corrected chi connectivity index (χ4v) is 3.17. The number of pyridine rings is 2. The van der Waals surface area contributed by atoms with Crippen molar-refractivity contribution in [2.24, 2.45) is 0 Å². The summed E-state index contributed by atoms with van der Waals surface area (Å²) in [7, 11) is 1.30. The molecule has 0 aliphatic heterocycles. The van der Waals surface area contributed by atoms with Crippen LogP contribution in [0.2, 0.25) is 5.02 Å². The van der Waals surface area contributed by atoms with Crippen molar-refractivity contribution in [1.29, 1.82) is 0 Å². The van der Waals surface area contributed by atoms with E-state index >= 15 is 0 Å². The molecule has 176 valence electrons. The third-order valence-corrected chi connectivity index (χ3v) is 4.73. The number of hydrogen-bond acceptors (Lipinski definition) is 6. The first-order chi connectivity index (χ1) is 15.5. The lowest BCUT2D eigenvalue weighted by Crippen LogP contribution is -2.22. The average molecular weight is 492 g/mol. The zero-order valence-electron chi connectivity index (χ0n) is 16.9. The SMILES string of the molecule is CO[C@H](C)c1c(NC(=O)Nc2cnc(-n3nccn3)c(C(F)(F)F)c2)cnc(C(F)F)c1Cl. The Kier molecular flexibility index (Phi) is 7.07. The molecule has 0 aliphatic carbocycles. The molecule has 15 heteroatoms. The van der Waals surface area contributed by atoms with Crippen LogP contribution in [0, 0.1) is 0 Å². The third-order valence-electron chi connectivity index (χ3n) is 4.34. The molecule has 0 aromatic carbocycles. The van der Waals surface area contributed by atoms with Crippen LogP contribution in [0.25, 0.3) is 5.82 Å². The van der Waals surface area contributed by atoms with Gasteiger partial charge in [-0.15, -0.1) is 4.80 Å². The van der Waals surface area contributed by atoms with Crippen molar-refractivity contribution < 1.29 is 31.5 Å². The number of alkyl halides is 5. The molecule has 3 aromatic rings. The van der Waals surface area contributed by atoms with Gasteiger partial charge in [0.2, 0.25) is 0 Å². The highest BCUT2D eigenvalue weighted by Gasteiger charge is 2.36. The highest BCUT2D eigenvalue weighted by atomic mass is 35.5. The normalized spacial score (nSPS) is 12.6. The molecule has 0 saturated heterocycles. The molecule has 0 saturated carbocycles. The number of hydrogen-bond donors (Lipinski definition) is 2. The van der Waals surface area contributed by atoms with Gasteiger partial charge in [-0.3, -0.25) is 4.98 Å². The number of anilines is 2. The number of aromatic nitrogens is 5. The van der Waals surface area contributed by atoms with E-state index in [9.17, 15) is 26.7 Å². The van der Waals surface area contributed by atoms with Crippen molar-refractivity contribution in [3.63, 3.8) is 0 Å². The molecule has 2 N–H and O–H groups in total. The summed E-state index contributed by atoms with van der Waals surface area (Å²) in [6.45, 7) is 1.50. The topological polar surface area (TPSA) is 107 Å². The molecular weight excluding hydrogens is 477 g/mol. The lowest BCUT2D eigenvalue weighted by Gasteiger charge is -2.19. The van der Waals surface area contributed by atoms with Gasteiger partial charge >= 0.3 is 12.2 Å². The Bertz CT molecular complexity index is 1140. The highest BCUT2D eigenvalue weighted by molar-refractivity contribution is 6.32. The maximum Gasteiger partial charge on any atom is 0.420 e. The van der Waals surface area contributed by atoms with Gasteiger partial charge in [-0.05, 0) is 13.0 Å². The van der Waals surface area contributed by atoms with Gasteiger partial charge < -0.3 is 15.4 Å². The summed E-state index contributed by atoms with van der Waals surface area (Å²) < 4.78 is 71.9. The first-order valence-electron chi connectivity index (χ1n) is 9.04. The van der Waals surface area contributed by atoms with Crippen LogP contribution < -0.4 is 10.6 Å². The maximum atomic E-state index is 13.5. The van der Waals surface area contributed by atoms with Crippen LogP contribution in [0.3, 0.4) is 0 Å². The molecule has 3 heterocycles. The molecule has 0 bridgehead atoms. The zero-order valence-corrected chi connectivity index (χ0v) is 17.6. The summed E-state index contributed by atoms with van der Waals surface area (Å²) in [4.78, 5) is 20.3. The fourth-order valence-electron chi connectivity index (χ4n) is 2.79. The van der Waals surface area contributed by atoms with Gasteiger partial charge in [0.15, 0.2) is 5.82 Å². The van der Waals surface area contributed by atoms with Crippen LogP contribution in [0.4, 0.5) is 38.1 Å². The van der Waals surface area contributed by atoms with Gasteiger partial charge in [0.25, 0.3) is 6.43 Å². The lowest BCUT2D eigenvalue weighted by atomic mass is 10.1. The number of carbonyl (C=O) groups is 1. The van der Waals surface area contributed by atoms with Crippen molar-refractivity contribution in [3.8, 4) is 5.82 Å². The van der Waals surface area contributed by atoms with Gasteiger partial charge in [0, 0.05) is 12.7 Å². The number of amides is 2. The Morgan fingerprint density at radius 3 is 2.39 bits per heavy atom. The van der Waals surface area contributed by atoms with E-state index in [0.29, 0.717) is 10.9 Å². The van der Waals surface area contributed by atoms with Crippen molar-refractivity contribution >= 4 is 29.0 Å². The van der Waals surface area contributed by atoms with E-state index in [2.05, 4.69) is 30.8 Å². The second kappa shape index (κ2) is 9.62. The Hall–Kier alpha value is -3.39. The van der Waals surface area contributed by atoms with Crippen molar-refractivity contribution in [2.45, 2.75) is 25.6 Å². The van der Waals surface area contributed by atoms with Gasteiger partial charge in [-0.2, -0.15) is 23.4 Å². The lowest BCUT2D eigenvalue weighted by molar-refractivity contribution is -0.137. The molecule has 0 radical (unpaired) electrons. The van der Waals surface area contributed by atoms with E-state index in [0.717, 1.165) is 12.4 Å². The molecule has 0 fully saturated rings. The largest absolute Gasteiger partial charge is 0.420 e. The monoisotopic (exact) mass is 491 g/mol. The summed E-state index contributed by atoms with van der Waals surface area (Å²) in [5.41, 5.74) is -2.26. The maximum absolute atomic E-state index is 13.5. The minimum absolute atomic E-state index is 0.0221. The summed E-state index contributed by atoms with van der Waals surface area (Å²) >= 11 is 6.02. The Balaban J connectivity index is 1.89. The molecule has 1 atom stereocenters. The number of rotatable bonds is 6. The summed E-state index contributed by atoms with van der Waals surface area (Å²) in [5.74, 6) is -0.590. The first kappa shape index (κ1) is 24.3. The second-order valence-electron chi connectivity index (χ2n) is 6.45. The number of ether oxygens (including phenoxy) is 1. The number of methoxy groups -OCH3 is 1. The molecular formula is C18H15ClF5N7O2. The summed E-state index contributed by atoms with van der Waals surface area (Å²) in [6, 6.07) is -0.350. The molecule has 0 aliphatic rings. The molecule has 3 aromatic heterocycles. The number of carbonyl (C=O) groups excluding carboxylic acids is 1. The van der Waals surface area contributed by atoms with E-state index < -0.39 is 46.8 Å². The Morgan fingerprint density at radius 1 is 1.15 bits per heavy atom. The van der Waals surface area contributed by atoms with E-state index in [1.54, 1.807) is 0 Å². The van der Waals surface area contributed by atoms with Gasteiger partial charge in [-0.25, -0.2) is 18.6 Å². The Morgan fingerprint density at radius 2 is 1.82 bits per heavy atom. The van der Waals surface area contributed by atoms with Crippen molar-refractivity contribution in [2.75, 3.05) is 17.7 Å². The molecule has 0 unspecified atom stereocenters. The second-order valence-corrected chi connectivity index (χ2v) is 6.83. The highest BCUT2D eigenvalue weighted by Crippen LogP contribution is 2.37. The van der Waals surface area contributed by atoms with Gasteiger partial charge in [-0.1, -0.05) is 11.6 Å². The zero-order chi connectivity index (χ0) is 24.3. The van der Waals surface area contributed by atoms with Crippen molar-refractivity contribution in [1.82, 2.24) is 25.0 Å². The predicted molar refractivity (Wildman–Crippen MR) is 106 cm³/mol. The standard InChI is InChI=1S/C18H15ClF5N7O2/c1-8(33-2)12-11(7-25-14(13(12)19)15(20)21)30-17(32)29-9-5-10(18(22,23)24)16(26-6-9)31-27-3-4-28-31/h3-8,15H,1-2H3,(H2,29,30,32)/t8-/m1/s1. The fraction of sp³-hybridized carbons (Fsp3) is 0.278. The van der Waals surface area contributed by atoms with Gasteiger partial charge in [0.05, 0.1) is 47.3 Å². The van der Waals surface area contributed by atoms with E-state index in [1.807, 2.05) is 0 Å². The van der Waals surface area contributed by atoms with Crippen LogP contribution in [0.1, 0.15) is 36.3 Å². The summed E-state index contributed by atoms with van der Waals surface area (Å²) in [5, 5.41) is 11.4. The predicted octanol–water partition coefficient (Wildman–Crippen LogP) is 5.02. The van der Waals surface area contributed by atoms with E-state index in [-0.39, 0.29) is 16.9 Å². The van der Waals surface area contributed by atoms with Crippen LogP contribution in [-0.4, -0.2) is 38.1 Å². The van der Waals surface area contributed by atoms with Crippen molar-refractivity contribution in [3.05, 3.63) is 52.7 Å². The van der Waals surface area contributed by atoms with E-state index in [1.165, 1.54) is 26.4 Å². The summed E-state index contributed by atoms with van der Waals surface area (Å²) in [6.07, 6.45) is -4.34. The van der Waals surface area contributed by atoms with Crippen LogP contribution in [0.15, 0.2) is 30.9 Å². The molecule has 9 nitrogen and oxygen atoms in total. The number of urea groups is 1. The number of halogens is 6. The average Bonchev–Trinajstić information content (AvgIpc) is 3.27. The first-order valence-corrected chi connectivity index (χ1v) is 9.41. The Labute approximate surface area is 187 Å². The third kappa shape index (κ3) is 5.34. The van der Waals surface area contributed by atoms with Crippen LogP contribution >= 0.6 is 11.6 Å². The van der Waals surface area contributed by atoms with Gasteiger partial charge in [0.1, 0.15) is 11.3 Å². The quantitative estimate of drug-likeness (QED) is 0.469. The minimum Gasteiger partial charge on any atom is -0.377 e. The number of nitrogens with one attached hydrogen (secondary N) is 2. The molecule has 2 amide bonds. The van der Waals surface area contributed by atoms with Crippen LogP contribution in [-0.2, 0) is 10.9 Å². The minimum atomic E-state index is -4.83. The molecule has 3 rings (SSSR count). The number of nitrogens with zero attached hydrogens (tertiary/aromatic N) is 5. The van der Waals surface area contributed by atoms with E-state index in [4.69, 9.17) is 16.3 Å². The molecule has 0 spiro atoms. The van der Waals surface area contributed by atoms with Crippen LogP contribution in [0.5, 0.6) is 0 Å².